The highest BCUT2D eigenvalue weighted by Gasteiger charge is 2.34. The van der Waals surface area contributed by atoms with Gasteiger partial charge in [0.05, 0.1) is 10.4 Å². The Hall–Kier alpha value is -0.0900. The van der Waals surface area contributed by atoms with Crippen LogP contribution in [0.2, 0.25) is 0 Å². The Kier molecular flexibility index (Phi) is 7.25. The van der Waals surface area contributed by atoms with Crippen LogP contribution in [0, 0.1) is 5.92 Å². The van der Waals surface area contributed by atoms with Crippen molar-refractivity contribution in [3.63, 3.8) is 0 Å². The van der Waals surface area contributed by atoms with Gasteiger partial charge in [0.2, 0.25) is 0 Å². The number of hydrogen-bond donors (Lipinski definition) is 0. The highest BCUT2D eigenvalue weighted by atomic mass is 32.2. The zero-order valence-electron chi connectivity index (χ0n) is 14.4. The highest BCUT2D eigenvalue weighted by Crippen LogP contribution is 2.50. The summed E-state index contributed by atoms with van der Waals surface area (Å²) in [7, 11) is 0. The van der Waals surface area contributed by atoms with E-state index < -0.39 is 0 Å². The van der Waals surface area contributed by atoms with Gasteiger partial charge in [-0.15, -0.1) is 23.5 Å². The monoisotopic (exact) mass is 352 g/mol. The molecule has 0 aromatic carbocycles. The lowest BCUT2D eigenvalue weighted by Crippen LogP contribution is -2.18. The fourth-order valence-corrected chi connectivity index (χ4v) is 7.56. The molecule has 1 aromatic heterocycles. The zero-order chi connectivity index (χ0) is 15.8. The van der Waals surface area contributed by atoms with Crippen LogP contribution in [0.1, 0.15) is 70.6 Å². The molecule has 0 amide bonds. The van der Waals surface area contributed by atoms with Gasteiger partial charge in [-0.2, -0.15) is 0 Å². The molecule has 2 nitrogen and oxygen atoms in total. The molecule has 23 heavy (non-hydrogen) atoms. The van der Waals surface area contributed by atoms with E-state index >= 15 is 0 Å². The summed E-state index contributed by atoms with van der Waals surface area (Å²) in [4.78, 5) is 4.15. The van der Waals surface area contributed by atoms with E-state index in [9.17, 15) is 0 Å². The molecule has 0 bridgehead atoms. The predicted octanol–water partition coefficient (Wildman–Crippen LogP) is 5.98. The van der Waals surface area contributed by atoms with Crippen molar-refractivity contribution in [3.05, 3.63) is 18.7 Å². The van der Waals surface area contributed by atoms with Crippen LogP contribution in [0.25, 0.3) is 0 Å². The normalized spacial score (nSPS) is 21.7. The van der Waals surface area contributed by atoms with E-state index in [4.69, 9.17) is 0 Å². The molecule has 2 fully saturated rings. The molecule has 4 heteroatoms. The molecule has 130 valence electrons. The Morgan fingerprint density at radius 2 is 1.78 bits per heavy atom. The summed E-state index contributed by atoms with van der Waals surface area (Å²) < 4.78 is 2.76. The first kappa shape index (κ1) is 17.7. The van der Waals surface area contributed by atoms with Crippen molar-refractivity contribution in [2.24, 2.45) is 5.92 Å². The minimum atomic E-state index is 0.535. The van der Waals surface area contributed by atoms with Crippen molar-refractivity contribution in [1.29, 1.82) is 0 Å². The third-order valence-corrected chi connectivity index (χ3v) is 9.14. The standard InChI is InChI=1S/C19H32N2S2/c1-2-7-18(8-3-1)9-4-5-10-19(22-15-16-23-19)11-6-13-21-14-12-20-17-21/h12,14,17-18H,1-11,13,15-16H2. The van der Waals surface area contributed by atoms with Gasteiger partial charge in [0.1, 0.15) is 0 Å². The summed E-state index contributed by atoms with van der Waals surface area (Å²) in [5, 5.41) is 0. The molecular weight excluding hydrogens is 320 g/mol. The van der Waals surface area contributed by atoms with E-state index in [0.717, 1.165) is 12.5 Å². The molecule has 0 radical (unpaired) electrons. The third-order valence-electron chi connectivity index (χ3n) is 5.49. The van der Waals surface area contributed by atoms with Crippen molar-refractivity contribution in [3.8, 4) is 0 Å². The Bertz CT molecular complexity index is 421. The van der Waals surface area contributed by atoms with E-state index in [1.807, 2.05) is 12.5 Å². The van der Waals surface area contributed by atoms with Crippen LogP contribution in [-0.2, 0) is 6.54 Å². The first-order chi connectivity index (χ1) is 11.4. The molecule has 0 spiro atoms. The van der Waals surface area contributed by atoms with Crippen LogP contribution in [0.4, 0.5) is 0 Å². The average molecular weight is 353 g/mol. The number of imidazole rings is 1. The number of rotatable bonds is 9. The van der Waals surface area contributed by atoms with Crippen molar-refractivity contribution < 1.29 is 0 Å². The molecular formula is C19H32N2S2. The van der Waals surface area contributed by atoms with Crippen LogP contribution in [0.3, 0.4) is 0 Å². The van der Waals surface area contributed by atoms with Gasteiger partial charge in [0.15, 0.2) is 0 Å². The van der Waals surface area contributed by atoms with Crippen LogP contribution >= 0.6 is 23.5 Å². The number of hydrogen-bond acceptors (Lipinski definition) is 3. The molecule has 1 saturated carbocycles. The summed E-state index contributed by atoms with van der Waals surface area (Å²) in [6.45, 7) is 1.13. The van der Waals surface area contributed by atoms with Crippen LogP contribution in [0.15, 0.2) is 18.7 Å². The van der Waals surface area contributed by atoms with Gasteiger partial charge < -0.3 is 4.57 Å². The van der Waals surface area contributed by atoms with Gasteiger partial charge in [-0.05, 0) is 25.2 Å². The van der Waals surface area contributed by atoms with E-state index in [2.05, 4.69) is 39.3 Å². The maximum atomic E-state index is 4.15. The third kappa shape index (κ3) is 5.74. The molecule has 1 aliphatic carbocycles. The summed E-state index contributed by atoms with van der Waals surface area (Å²) in [6, 6.07) is 0. The van der Waals surface area contributed by atoms with Crippen molar-refractivity contribution in [2.75, 3.05) is 11.5 Å². The van der Waals surface area contributed by atoms with Crippen molar-refractivity contribution in [1.82, 2.24) is 9.55 Å². The number of thioether (sulfide) groups is 2. The molecule has 1 saturated heterocycles. The predicted molar refractivity (Wildman–Crippen MR) is 104 cm³/mol. The van der Waals surface area contributed by atoms with Gasteiger partial charge in [-0.1, -0.05) is 51.4 Å². The van der Waals surface area contributed by atoms with E-state index in [1.165, 1.54) is 82.1 Å². The Morgan fingerprint density at radius 1 is 1.00 bits per heavy atom. The summed E-state index contributed by atoms with van der Waals surface area (Å²) in [6.07, 6.45) is 21.9. The van der Waals surface area contributed by atoms with Crippen molar-refractivity contribution >= 4 is 23.5 Å². The molecule has 3 rings (SSSR count). The minimum Gasteiger partial charge on any atom is -0.337 e. The Balaban J connectivity index is 1.35. The number of aromatic nitrogens is 2. The SMILES string of the molecule is c1cn(CCCC2(CCCCC3CCCCC3)SCCS2)cn1. The first-order valence-corrected chi connectivity index (χ1v) is 11.6. The first-order valence-electron chi connectivity index (χ1n) is 9.60. The number of aryl methyl sites for hydroxylation is 1. The second-order valence-electron chi connectivity index (χ2n) is 7.26. The van der Waals surface area contributed by atoms with Gasteiger partial charge in [0, 0.05) is 30.4 Å². The molecule has 2 aliphatic rings. The minimum absolute atomic E-state index is 0.535. The summed E-state index contributed by atoms with van der Waals surface area (Å²) in [5.41, 5.74) is 0. The van der Waals surface area contributed by atoms with Crippen LogP contribution in [0.5, 0.6) is 0 Å². The molecule has 0 N–H and O–H groups in total. The maximum absolute atomic E-state index is 4.15. The lowest BCUT2D eigenvalue weighted by molar-refractivity contribution is 0.327. The summed E-state index contributed by atoms with van der Waals surface area (Å²) >= 11 is 4.50. The molecule has 2 heterocycles. The van der Waals surface area contributed by atoms with Crippen molar-refractivity contribution in [2.45, 2.75) is 81.3 Å². The molecule has 1 aromatic rings. The fraction of sp³-hybridized carbons (Fsp3) is 0.842. The number of nitrogens with zero attached hydrogens (tertiary/aromatic N) is 2. The second-order valence-corrected chi connectivity index (χ2v) is 10.5. The molecule has 0 atom stereocenters. The smallest absolute Gasteiger partial charge is 0.0945 e. The quantitative estimate of drug-likeness (QED) is 0.509. The second kappa shape index (κ2) is 9.41. The average Bonchev–Trinajstić information content (AvgIpc) is 3.25. The van der Waals surface area contributed by atoms with Gasteiger partial charge in [-0.25, -0.2) is 4.98 Å². The Labute approximate surface area is 150 Å². The van der Waals surface area contributed by atoms with Crippen LogP contribution < -0.4 is 0 Å². The van der Waals surface area contributed by atoms with Gasteiger partial charge >= 0.3 is 0 Å². The lowest BCUT2D eigenvalue weighted by atomic mass is 9.85. The number of unbranched alkanes of at least 4 members (excludes halogenated alkanes) is 1. The van der Waals surface area contributed by atoms with E-state index in [0.29, 0.717) is 4.08 Å². The zero-order valence-corrected chi connectivity index (χ0v) is 16.1. The van der Waals surface area contributed by atoms with E-state index in [1.54, 1.807) is 0 Å². The highest BCUT2D eigenvalue weighted by molar-refractivity contribution is 8.21. The lowest BCUT2D eigenvalue weighted by Gasteiger charge is -2.28. The van der Waals surface area contributed by atoms with Gasteiger partial charge in [-0.3, -0.25) is 0 Å². The van der Waals surface area contributed by atoms with Crippen LogP contribution in [-0.4, -0.2) is 25.1 Å². The molecule has 0 unspecified atom stereocenters. The largest absolute Gasteiger partial charge is 0.337 e. The van der Waals surface area contributed by atoms with Gasteiger partial charge in [0.25, 0.3) is 0 Å². The molecule has 1 aliphatic heterocycles. The Morgan fingerprint density at radius 3 is 2.52 bits per heavy atom. The van der Waals surface area contributed by atoms with E-state index in [-0.39, 0.29) is 0 Å². The fourth-order valence-electron chi connectivity index (χ4n) is 4.16. The maximum Gasteiger partial charge on any atom is 0.0945 e. The summed E-state index contributed by atoms with van der Waals surface area (Å²) in [5.74, 6) is 3.78. The topological polar surface area (TPSA) is 17.8 Å².